The molecule has 0 aromatic heterocycles. The summed E-state index contributed by atoms with van der Waals surface area (Å²) in [4.78, 5) is 3.66. The Labute approximate surface area is 100 Å². The van der Waals surface area contributed by atoms with E-state index in [2.05, 4.69) is 4.99 Å². The van der Waals surface area contributed by atoms with E-state index < -0.39 is 6.30 Å². The first-order valence-electron chi connectivity index (χ1n) is 5.21. The van der Waals surface area contributed by atoms with E-state index in [9.17, 15) is 4.39 Å². The topological polar surface area (TPSA) is 56.8 Å². The van der Waals surface area contributed by atoms with E-state index in [4.69, 9.17) is 15.2 Å². The molecule has 0 aliphatic heterocycles. The Balaban J connectivity index is 3.13. The first-order valence-corrected chi connectivity index (χ1v) is 5.21. The van der Waals surface area contributed by atoms with Gasteiger partial charge in [0.15, 0.2) is 6.30 Å². The van der Waals surface area contributed by atoms with Crippen molar-refractivity contribution in [2.75, 3.05) is 20.0 Å². The fourth-order valence-electron chi connectivity index (χ4n) is 1.42. The van der Waals surface area contributed by atoms with Gasteiger partial charge in [0.1, 0.15) is 5.75 Å². The van der Waals surface area contributed by atoms with Crippen LogP contribution in [0.5, 0.6) is 5.75 Å². The number of nitrogens with two attached hydrogens (primary N) is 1. The van der Waals surface area contributed by atoms with E-state index in [0.29, 0.717) is 23.6 Å². The number of anilines is 1. The van der Waals surface area contributed by atoms with Crippen LogP contribution in [0.4, 0.5) is 10.1 Å². The number of benzene rings is 1. The molecule has 1 atom stereocenters. The van der Waals surface area contributed by atoms with Gasteiger partial charge in [-0.15, -0.1) is 0 Å². The highest BCUT2D eigenvalue weighted by atomic mass is 19.1. The molecule has 4 nitrogen and oxygen atoms in total. The number of rotatable bonds is 5. The maximum atomic E-state index is 12.7. The van der Waals surface area contributed by atoms with Crippen LogP contribution in [0.2, 0.25) is 0 Å². The molecular weight excluding hydrogens is 223 g/mol. The molecule has 0 heterocycles. The maximum absolute atomic E-state index is 12.7. The quantitative estimate of drug-likeness (QED) is 0.487. The average molecular weight is 240 g/mol. The number of hydrogen-bond acceptors (Lipinski definition) is 4. The van der Waals surface area contributed by atoms with Gasteiger partial charge in [0, 0.05) is 18.9 Å². The molecule has 0 aliphatic rings. The summed E-state index contributed by atoms with van der Waals surface area (Å²) >= 11 is 0. The molecule has 17 heavy (non-hydrogen) atoms. The molecule has 0 aliphatic carbocycles. The highest BCUT2D eigenvalue weighted by Gasteiger charge is 2.07. The fourth-order valence-corrected chi connectivity index (χ4v) is 1.42. The number of aliphatic imine (C=N–C) groups is 1. The second kappa shape index (κ2) is 6.20. The predicted molar refractivity (Wildman–Crippen MR) is 66.3 cm³/mol. The minimum atomic E-state index is -1.26. The van der Waals surface area contributed by atoms with Crippen molar-refractivity contribution >= 4 is 11.9 Å². The Hall–Kier alpha value is -1.62. The zero-order valence-electron chi connectivity index (χ0n) is 10.2. The third-order valence-corrected chi connectivity index (χ3v) is 2.18. The Morgan fingerprint density at radius 2 is 2.18 bits per heavy atom. The van der Waals surface area contributed by atoms with E-state index in [1.54, 1.807) is 19.2 Å². The van der Waals surface area contributed by atoms with Crippen molar-refractivity contribution < 1.29 is 13.9 Å². The van der Waals surface area contributed by atoms with Crippen LogP contribution >= 0.6 is 0 Å². The van der Waals surface area contributed by atoms with Gasteiger partial charge in [-0.3, -0.25) is 4.99 Å². The molecule has 2 N–H and O–H groups in total. The van der Waals surface area contributed by atoms with Crippen molar-refractivity contribution in [1.29, 1.82) is 0 Å². The van der Waals surface area contributed by atoms with Gasteiger partial charge in [0.25, 0.3) is 0 Å². The zero-order valence-corrected chi connectivity index (χ0v) is 10.2. The summed E-state index contributed by atoms with van der Waals surface area (Å²) in [6, 6.07) is 3.59. The summed E-state index contributed by atoms with van der Waals surface area (Å²) in [7, 11) is 3.13. The zero-order chi connectivity index (χ0) is 12.8. The van der Waals surface area contributed by atoms with Crippen LogP contribution in [0.25, 0.3) is 0 Å². The van der Waals surface area contributed by atoms with E-state index in [-0.39, 0.29) is 0 Å². The van der Waals surface area contributed by atoms with Gasteiger partial charge in [-0.25, -0.2) is 4.39 Å². The lowest BCUT2D eigenvalue weighted by Gasteiger charge is -2.10. The lowest BCUT2D eigenvalue weighted by Crippen LogP contribution is -2.01. The minimum absolute atomic E-state index is 0.433. The van der Waals surface area contributed by atoms with E-state index in [0.717, 1.165) is 5.56 Å². The third kappa shape index (κ3) is 3.71. The number of methoxy groups -OCH3 is 2. The summed E-state index contributed by atoms with van der Waals surface area (Å²) in [6.45, 7) is 1.78. The lowest BCUT2D eigenvalue weighted by molar-refractivity contribution is 0.184. The van der Waals surface area contributed by atoms with Gasteiger partial charge < -0.3 is 15.2 Å². The molecule has 0 saturated heterocycles. The third-order valence-electron chi connectivity index (χ3n) is 2.18. The summed E-state index contributed by atoms with van der Waals surface area (Å²) in [5, 5.41) is 0. The summed E-state index contributed by atoms with van der Waals surface area (Å²) < 4.78 is 22.8. The molecule has 94 valence electrons. The number of nitrogens with zero attached hydrogens (tertiary/aromatic N) is 1. The van der Waals surface area contributed by atoms with Crippen molar-refractivity contribution in [2.24, 2.45) is 4.99 Å². The average Bonchev–Trinajstić information content (AvgIpc) is 2.29. The minimum Gasteiger partial charge on any atom is -0.495 e. The first-order chi connectivity index (χ1) is 8.08. The standard InChI is InChI=1S/C12H17FN2O2/c1-8(13)15-6-10-4-9(7-16-2)5-11(17-3)12(10)14/h4-6,8H,7,14H2,1-3H3/b15-6+. The van der Waals surface area contributed by atoms with Crippen LogP contribution in [0.3, 0.4) is 0 Å². The van der Waals surface area contributed by atoms with Crippen LogP contribution in [0.15, 0.2) is 17.1 Å². The second-order valence-corrected chi connectivity index (χ2v) is 3.59. The number of alkyl halides is 1. The number of hydrogen-bond donors (Lipinski definition) is 1. The Bertz CT molecular complexity index is 406. The Morgan fingerprint density at radius 3 is 2.71 bits per heavy atom. The molecule has 0 radical (unpaired) electrons. The molecule has 5 heteroatoms. The number of ether oxygens (including phenoxy) is 2. The number of halogens is 1. The van der Waals surface area contributed by atoms with Gasteiger partial charge in [-0.1, -0.05) is 0 Å². The smallest absolute Gasteiger partial charge is 0.187 e. The highest BCUT2D eigenvalue weighted by molar-refractivity contribution is 5.89. The first kappa shape index (κ1) is 13.4. The van der Waals surface area contributed by atoms with Crippen molar-refractivity contribution in [3.8, 4) is 5.75 Å². The Morgan fingerprint density at radius 1 is 1.47 bits per heavy atom. The van der Waals surface area contributed by atoms with Crippen molar-refractivity contribution in [3.05, 3.63) is 23.3 Å². The molecule has 0 saturated carbocycles. The summed E-state index contributed by atoms with van der Waals surface area (Å²) in [6.07, 6.45) is 0.147. The van der Waals surface area contributed by atoms with E-state index in [1.165, 1.54) is 20.2 Å². The molecule has 0 bridgehead atoms. The predicted octanol–water partition coefficient (Wildman–Crippen LogP) is 2.16. The van der Waals surface area contributed by atoms with Gasteiger partial charge in [0.2, 0.25) is 0 Å². The molecular formula is C12H17FN2O2. The van der Waals surface area contributed by atoms with E-state index >= 15 is 0 Å². The SMILES string of the molecule is COCc1cc(/C=N/C(C)F)c(N)c(OC)c1. The van der Waals surface area contributed by atoms with Crippen LogP contribution in [-0.2, 0) is 11.3 Å². The lowest BCUT2D eigenvalue weighted by atomic mass is 10.1. The molecule has 1 aromatic carbocycles. The number of nitrogen functional groups attached to an aromatic ring is 1. The summed E-state index contributed by atoms with van der Waals surface area (Å²) in [5.41, 5.74) is 7.83. The van der Waals surface area contributed by atoms with Crippen LogP contribution < -0.4 is 10.5 Å². The van der Waals surface area contributed by atoms with Gasteiger partial charge in [-0.05, 0) is 24.6 Å². The molecule has 0 spiro atoms. The van der Waals surface area contributed by atoms with Gasteiger partial charge in [-0.2, -0.15) is 0 Å². The molecule has 1 unspecified atom stereocenters. The highest BCUT2D eigenvalue weighted by Crippen LogP contribution is 2.26. The normalized spacial score (nSPS) is 12.9. The van der Waals surface area contributed by atoms with Crippen molar-refractivity contribution in [2.45, 2.75) is 19.8 Å². The fraction of sp³-hybridized carbons (Fsp3) is 0.417. The van der Waals surface area contributed by atoms with Gasteiger partial charge >= 0.3 is 0 Å². The monoisotopic (exact) mass is 240 g/mol. The molecule has 0 amide bonds. The van der Waals surface area contributed by atoms with Crippen LogP contribution in [0, 0.1) is 0 Å². The Kier molecular flexibility index (Phi) is 4.90. The van der Waals surface area contributed by atoms with Gasteiger partial charge in [0.05, 0.1) is 19.4 Å². The van der Waals surface area contributed by atoms with Crippen molar-refractivity contribution in [3.63, 3.8) is 0 Å². The largest absolute Gasteiger partial charge is 0.495 e. The molecule has 1 rings (SSSR count). The second-order valence-electron chi connectivity index (χ2n) is 3.59. The van der Waals surface area contributed by atoms with Crippen molar-refractivity contribution in [1.82, 2.24) is 0 Å². The maximum Gasteiger partial charge on any atom is 0.187 e. The summed E-state index contributed by atoms with van der Waals surface area (Å²) in [5.74, 6) is 0.535. The van der Waals surface area contributed by atoms with E-state index in [1.807, 2.05) is 0 Å². The van der Waals surface area contributed by atoms with Crippen LogP contribution in [0.1, 0.15) is 18.1 Å². The molecule has 1 aromatic rings. The molecule has 0 fully saturated rings. The van der Waals surface area contributed by atoms with Crippen LogP contribution in [-0.4, -0.2) is 26.7 Å².